The molecule has 0 aliphatic heterocycles. The molecule has 8 nitrogen and oxygen atoms in total. The molecular weight excluding hydrogens is 278 g/mol. The van der Waals surface area contributed by atoms with E-state index in [1.54, 1.807) is 19.1 Å². The Labute approximate surface area is 121 Å². The molecule has 1 unspecified atom stereocenters. The van der Waals surface area contributed by atoms with E-state index in [4.69, 9.17) is 4.74 Å². The van der Waals surface area contributed by atoms with Gasteiger partial charge >= 0.3 is 6.09 Å². The first-order chi connectivity index (χ1) is 9.85. The van der Waals surface area contributed by atoms with Gasteiger partial charge in [0.15, 0.2) is 0 Å². The lowest BCUT2D eigenvalue weighted by Gasteiger charge is -2.14. The number of benzene rings is 1. The molecule has 0 saturated carbocycles. The molecule has 2 N–H and O–H groups in total. The quantitative estimate of drug-likeness (QED) is 0.633. The van der Waals surface area contributed by atoms with Crippen LogP contribution in [0.2, 0.25) is 0 Å². The van der Waals surface area contributed by atoms with Crippen molar-refractivity contribution >= 4 is 17.7 Å². The normalized spacial score (nSPS) is 11.4. The van der Waals surface area contributed by atoms with E-state index in [-0.39, 0.29) is 23.7 Å². The lowest BCUT2D eigenvalue weighted by Crippen LogP contribution is -2.22. The minimum atomic E-state index is -0.789. The van der Waals surface area contributed by atoms with Crippen molar-refractivity contribution in [2.45, 2.75) is 26.5 Å². The summed E-state index contributed by atoms with van der Waals surface area (Å²) in [5, 5.41) is 15.9. The molecule has 0 heterocycles. The molecule has 0 saturated heterocycles. The van der Waals surface area contributed by atoms with E-state index >= 15 is 0 Å². The van der Waals surface area contributed by atoms with Crippen LogP contribution in [0, 0.1) is 10.1 Å². The SMILES string of the molecule is CNC(=O)OC(C)c1cc(CNC(C)=O)ccc1[N+](=O)[O-]. The Morgan fingerprint density at radius 3 is 2.62 bits per heavy atom. The highest BCUT2D eigenvalue weighted by molar-refractivity contribution is 5.72. The Morgan fingerprint density at radius 2 is 2.10 bits per heavy atom. The van der Waals surface area contributed by atoms with E-state index in [0.717, 1.165) is 0 Å². The summed E-state index contributed by atoms with van der Waals surface area (Å²) >= 11 is 0. The maximum Gasteiger partial charge on any atom is 0.407 e. The van der Waals surface area contributed by atoms with Gasteiger partial charge in [0, 0.05) is 26.6 Å². The van der Waals surface area contributed by atoms with Gasteiger partial charge in [-0.1, -0.05) is 6.07 Å². The first kappa shape index (κ1) is 16.4. The number of nitrogens with zero attached hydrogens (tertiary/aromatic N) is 1. The molecule has 114 valence electrons. The molecule has 1 aromatic carbocycles. The lowest BCUT2D eigenvalue weighted by atomic mass is 10.0. The number of alkyl carbamates (subject to hydrolysis) is 1. The Bertz CT molecular complexity index is 559. The maximum atomic E-state index is 11.2. The minimum absolute atomic E-state index is 0.141. The number of nitro benzene ring substituents is 1. The third kappa shape index (κ3) is 4.75. The molecule has 8 heteroatoms. The summed E-state index contributed by atoms with van der Waals surface area (Å²) in [7, 11) is 1.40. The van der Waals surface area contributed by atoms with Crippen LogP contribution in [0.5, 0.6) is 0 Å². The molecule has 0 bridgehead atoms. The van der Waals surface area contributed by atoms with Gasteiger partial charge in [-0.25, -0.2) is 4.79 Å². The van der Waals surface area contributed by atoms with Crippen molar-refractivity contribution in [1.29, 1.82) is 0 Å². The highest BCUT2D eigenvalue weighted by atomic mass is 16.6. The molecule has 0 fully saturated rings. The number of amides is 2. The van der Waals surface area contributed by atoms with E-state index in [1.807, 2.05) is 0 Å². The van der Waals surface area contributed by atoms with Gasteiger partial charge < -0.3 is 15.4 Å². The fourth-order valence-corrected chi connectivity index (χ4v) is 1.72. The third-order valence-electron chi connectivity index (χ3n) is 2.76. The highest BCUT2D eigenvalue weighted by Crippen LogP contribution is 2.28. The number of ether oxygens (including phenoxy) is 1. The molecule has 1 atom stereocenters. The summed E-state index contributed by atoms with van der Waals surface area (Å²) in [5.74, 6) is -0.204. The van der Waals surface area contributed by atoms with Crippen LogP contribution >= 0.6 is 0 Å². The molecule has 0 aliphatic carbocycles. The van der Waals surface area contributed by atoms with Gasteiger partial charge in [-0.2, -0.15) is 0 Å². The first-order valence-electron chi connectivity index (χ1n) is 6.25. The van der Waals surface area contributed by atoms with Gasteiger partial charge in [0.1, 0.15) is 6.10 Å². The zero-order chi connectivity index (χ0) is 16.0. The fraction of sp³-hybridized carbons (Fsp3) is 0.385. The van der Waals surface area contributed by atoms with Crippen LogP contribution in [-0.4, -0.2) is 24.0 Å². The highest BCUT2D eigenvalue weighted by Gasteiger charge is 2.22. The largest absolute Gasteiger partial charge is 0.441 e. The Balaban J connectivity index is 3.05. The molecule has 21 heavy (non-hydrogen) atoms. The summed E-state index contributed by atoms with van der Waals surface area (Å²) in [6.45, 7) is 3.16. The number of carbonyl (C=O) groups excluding carboxylic acids is 2. The van der Waals surface area contributed by atoms with Crippen molar-refractivity contribution in [2.24, 2.45) is 0 Å². The van der Waals surface area contributed by atoms with Crippen molar-refractivity contribution < 1.29 is 19.2 Å². The smallest absolute Gasteiger partial charge is 0.407 e. The van der Waals surface area contributed by atoms with Crippen molar-refractivity contribution in [3.8, 4) is 0 Å². The van der Waals surface area contributed by atoms with Gasteiger partial charge in [-0.05, 0) is 18.6 Å². The molecule has 1 aromatic rings. The molecule has 1 rings (SSSR count). The summed E-state index contributed by atoms with van der Waals surface area (Å²) in [6, 6.07) is 4.42. The van der Waals surface area contributed by atoms with Crippen LogP contribution in [-0.2, 0) is 16.1 Å². The second kappa shape index (κ2) is 7.22. The third-order valence-corrected chi connectivity index (χ3v) is 2.76. The Morgan fingerprint density at radius 1 is 1.43 bits per heavy atom. The van der Waals surface area contributed by atoms with Gasteiger partial charge in [0.05, 0.1) is 10.5 Å². The molecular formula is C13H17N3O5. The van der Waals surface area contributed by atoms with Gasteiger partial charge in [0.2, 0.25) is 5.91 Å². The van der Waals surface area contributed by atoms with Crippen molar-refractivity contribution in [3.63, 3.8) is 0 Å². The number of hydrogen-bond acceptors (Lipinski definition) is 5. The maximum absolute atomic E-state index is 11.2. The van der Waals surface area contributed by atoms with E-state index < -0.39 is 17.1 Å². The zero-order valence-corrected chi connectivity index (χ0v) is 12.0. The fourth-order valence-electron chi connectivity index (χ4n) is 1.72. The number of carbonyl (C=O) groups is 2. The van der Waals surface area contributed by atoms with Crippen LogP contribution in [0.15, 0.2) is 18.2 Å². The standard InChI is InChI=1S/C13H17N3O5/c1-8(21-13(18)14-3)11-6-10(7-15-9(2)17)4-5-12(11)16(19)20/h4-6,8H,7H2,1-3H3,(H,14,18)(H,15,17). The van der Waals surface area contributed by atoms with E-state index in [0.29, 0.717) is 5.56 Å². The van der Waals surface area contributed by atoms with Crippen LogP contribution < -0.4 is 10.6 Å². The second-order valence-electron chi connectivity index (χ2n) is 4.36. The van der Waals surface area contributed by atoms with E-state index in [2.05, 4.69) is 10.6 Å². The Hall–Kier alpha value is -2.64. The number of nitro groups is 1. The molecule has 0 radical (unpaired) electrons. The van der Waals surface area contributed by atoms with Crippen LogP contribution in [0.3, 0.4) is 0 Å². The molecule has 0 aliphatic rings. The van der Waals surface area contributed by atoms with Crippen molar-refractivity contribution in [1.82, 2.24) is 10.6 Å². The van der Waals surface area contributed by atoms with E-state index in [9.17, 15) is 19.7 Å². The predicted molar refractivity (Wildman–Crippen MR) is 74.6 cm³/mol. The van der Waals surface area contributed by atoms with Gasteiger partial charge in [-0.3, -0.25) is 14.9 Å². The number of rotatable bonds is 5. The predicted octanol–water partition coefficient (Wildman–Crippen LogP) is 1.65. The molecule has 0 aromatic heterocycles. The average molecular weight is 295 g/mol. The van der Waals surface area contributed by atoms with Crippen molar-refractivity contribution in [2.75, 3.05) is 7.05 Å². The molecule has 2 amide bonds. The topological polar surface area (TPSA) is 111 Å². The van der Waals surface area contributed by atoms with E-state index in [1.165, 1.54) is 20.0 Å². The summed E-state index contributed by atoms with van der Waals surface area (Å²) < 4.78 is 5.02. The Kier molecular flexibility index (Phi) is 5.65. The van der Waals surface area contributed by atoms with Crippen LogP contribution in [0.1, 0.15) is 31.1 Å². The monoisotopic (exact) mass is 295 g/mol. The van der Waals surface area contributed by atoms with Crippen LogP contribution in [0.4, 0.5) is 10.5 Å². The van der Waals surface area contributed by atoms with Gasteiger partial charge in [0.25, 0.3) is 5.69 Å². The zero-order valence-electron chi connectivity index (χ0n) is 12.0. The van der Waals surface area contributed by atoms with Crippen molar-refractivity contribution in [3.05, 3.63) is 39.4 Å². The molecule has 0 spiro atoms. The van der Waals surface area contributed by atoms with Gasteiger partial charge in [-0.15, -0.1) is 0 Å². The van der Waals surface area contributed by atoms with Crippen LogP contribution in [0.25, 0.3) is 0 Å². The number of hydrogen-bond donors (Lipinski definition) is 2. The summed E-state index contributed by atoms with van der Waals surface area (Å²) in [5.41, 5.74) is 0.808. The number of nitrogens with one attached hydrogen (secondary N) is 2. The second-order valence-corrected chi connectivity index (χ2v) is 4.36. The summed E-state index contributed by atoms with van der Waals surface area (Å²) in [4.78, 5) is 32.6. The lowest BCUT2D eigenvalue weighted by molar-refractivity contribution is -0.386. The first-order valence-corrected chi connectivity index (χ1v) is 6.25. The average Bonchev–Trinajstić information content (AvgIpc) is 2.44. The minimum Gasteiger partial charge on any atom is -0.441 e. The summed E-state index contributed by atoms with van der Waals surface area (Å²) in [6.07, 6.45) is -1.47.